The van der Waals surface area contributed by atoms with Crippen molar-refractivity contribution in [2.75, 3.05) is 20.1 Å². The number of nitrogens with one attached hydrogen (secondary N) is 2. The average molecular weight is 349 g/mol. The minimum absolute atomic E-state index is 0.234. The number of benzene rings is 2. The minimum Gasteiger partial charge on any atom is -0.358 e. The molecule has 0 atom stereocenters. The molecule has 0 fully saturated rings. The monoisotopic (exact) mass is 349 g/mol. The molecule has 0 aliphatic heterocycles. The van der Waals surface area contributed by atoms with Gasteiger partial charge in [0.25, 0.3) is 0 Å². The van der Waals surface area contributed by atoms with Crippen molar-refractivity contribution >= 4 is 18.4 Å². The first kappa shape index (κ1) is 20.2. The van der Waals surface area contributed by atoms with Crippen LogP contribution in [0.15, 0.2) is 53.4 Å². The maximum Gasteiger partial charge on any atom is 0.207 e. The summed E-state index contributed by atoms with van der Waals surface area (Å²) in [6.45, 7) is 1.62. The lowest BCUT2D eigenvalue weighted by Gasteiger charge is -2.01. The lowest BCUT2D eigenvalue weighted by atomic mass is 10.1. The molecule has 0 bridgehead atoms. The van der Waals surface area contributed by atoms with Gasteiger partial charge >= 0.3 is 0 Å². The Balaban J connectivity index is 0.000000240. The molecule has 0 aliphatic rings. The number of likely N-dealkylation sites (N-methyl/N-ethyl adjacent to an activating group) is 1. The van der Waals surface area contributed by atoms with Gasteiger partial charge in [0.2, 0.25) is 6.41 Å². The van der Waals surface area contributed by atoms with Crippen LogP contribution in [0.3, 0.4) is 0 Å². The summed E-state index contributed by atoms with van der Waals surface area (Å²) in [6.07, 6.45) is 2.47. The van der Waals surface area contributed by atoms with Gasteiger partial charge in [0.15, 0.2) is 0 Å². The van der Waals surface area contributed by atoms with Crippen molar-refractivity contribution in [2.24, 2.45) is 5.14 Å². The Morgan fingerprint density at radius 1 is 1.00 bits per heavy atom. The van der Waals surface area contributed by atoms with Gasteiger partial charge in [-0.05, 0) is 73.8 Å². The number of halogens is 1. The third kappa shape index (κ3) is 8.67. The molecule has 0 radical (unpaired) electrons. The van der Waals surface area contributed by atoms with Crippen LogP contribution in [0.25, 0.3) is 0 Å². The van der Waals surface area contributed by atoms with Gasteiger partial charge in [0.1, 0.15) is 5.82 Å². The summed E-state index contributed by atoms with van der Waals surface area (Å²) in [5, 5.41) is 11.1. The van der Waals surface area contributed by atoms with Crippen molar-refractivity contribution in [3.8, 4) is 0 Å². The lowest BCUT2D eigenvalue weighted by Crippen LogP contribution is -2.14. The van der Waals surface area contributed by atoms with Crippen LogP contribution in [0.5, 0.6) is 0 Å². The fourth-order valence-electron chi connectivity index (χ4n) is 1.93. The van der Waals surface area contributed by atoms with Crippen LogP contribution in [0.1, 0.15) is 11.1 Å². The Hall–Kier alpha value is -1.89. The SMILES string of the molecule is CNCCc1ccc(SN)cc1.O=CNCCc1ccc(F)cc1. The molecule has 4 N–H and O–H groups in total. The highest BCUT2D eigenvalue weighted by Gasteiger charge is 1.93. The largest absolute Gasteiger partial charge is 0.358 e. The maximum absolute atomic E-state index is 12.4. The number of amides is 1. The van der Waals surface area contributed by atoms with E-state index in [4.69, 9.17) is 5.14 Å². The van der Waals surface area contributed by atoms with Crippen molar-refractivity contribution in [3.05, 3.63) is 65.5 Å². The zero-order valence-corrected chi connectivity index (χ0v) is 14.6. The Morgan fingerprint density at radius 2 is 1.54 bits per heavy atom. The van der Waals surface area contributed by atoms with Gasteiger partial charge in [0, 0.05) is 11.4 Å². The first-order valence-electron chi connectivity index (χ1n) is 7.71. The highest BCUT2D eigenvalue weighted by Crippen LogP contribution is 2.12. The van der Waals surface area contributed by atoms with E-state index in [2.05, 4.69) is 34.9 Å². The zero-order valence-electron chi connectivity index (χ0n) is 13.8. The summed E-state index contributed by atoms with van der Waals surface area (Å²) in [5.74, 6) is -0.234. The predicted octanol–water partition coefficient (Wildman–Crippen LogP) is 2.53. The van der Waals surface area contributed by atoms with E-state index in [0.717, 1.165) is 29.8 Å². The molecule has 24 heavy (non-hydrogen) atoms. The van der Waals surface area contributed by atoms with Gasteiger partial charge in [-0.15, -0.1) is 0 Å². The normalized spacial score (nSPS) is 9.79. The summed E-state index contributed by atoms with van der Waals surface area (Å²) >= 11 is 1.29. The number of nitrogens with two attached hydrogens (primary N) is 1. The van der Waals surface area contributed by atoms with E-state index in [0.29, 0.717) is 13.0 Å². The van der Waals surface area contributed by atoms with Crippen LogP contribution >= 0.6 is 11.9 Å². The van der Waals surface area contributed by atoms with Crippen molar-refractivity contribution in [1.82, 2.24) is 10.6 Å². The minimum atomic E-state index is -0.234. The molecule has 0 saturated heterocycles. The summed E-state index contributed by atoms with van der Waals surface area (Å²) in [6, 6.07) is 14.6. The highest BCUT2D eigenvalue weighted by molar-refractivity contribution is 7.97. The molecule has 0 spiro atoms. The van der Waals surface area contributed by atoms with Gasteiger partial charge in [-0.3, -0.25) is 9.93 Å². The topological polar surface area (TPSA) is 67.1 Å². The van der Waals surface area contributed by atoms with E-state index in [1.165, 1.54) is 29.6 Å². The molecule has 0 aliphatic carbocycles. The summed E-state index contributed by atoms with van der Waals surface area (Å²) < 4.78 is 12.4. The van der Waals surface area contributed by atoms with Gasteiger partial charge in [-0.2, -0.15) is 0 Å². The summed E-state index contributed by atoms with van der Waals surface area (Å²) in [7, 11) is 1.96. The molecule has 2 aromatic carbocycles. The molecular formula is C18H24FN3OS. The van der Waals surface area contributed by atoms with Gasteiger partial charge in [-0.25, -0.2) is 4.39 Å². The number of hydrogen-bond donors (Lipinski definition) is 3. The molecular weight excluding hydrogens is 325 g/mol. The second kappa shape index (κ2) is 12.5. The zero-order chi connectivity index (χ0) is 17.6. The number of carbonyl (C=O) groups excluding carboxylic acids is 1. The molecule has 2 rings (SSSR count). The molecule has 6 heteroatoms. The van der Waals surface area contributed by atoms with Crippen LogP contribution < -0.4 is 15.8 Å². The average Bonchev–Trinajstić information content (AvgIpc) is 2.63. The Labute approximate surface area is 147 Å². The molecule has 4 nitrogen and oxygen atoms in total. The maximum atomic E-state index is 12.4. The lowest BCUT2D eigenvalue weighted by molar-refractivity contribution is -0.109. The molecule has 130 valence electrons. The molecule has 0 unspecified atom stereocenters. The van der Waals surface area contributed by atoms with E-state index >= 15 is 0 Å². The summed E-state index contributed by atoms with van der Waals surface area (Å²) in [5.41, 5.74) is 2.37. The van der Waals surface area contributed by atoms with Gasteiger partial charge in [0.05, 0.1) is 0 Å². The van der Waals surface area contributed by atoms with E-state index in [1.807, 2.05) is 7.05 Å². The van der Waals surface area contributed by atoms with Crippen LogP contribution in [-0.2, 0) is 17.6 Å². The Kier molecular flexibility index (Phi) is 10.5. The third-order valence-electron chi connectivity index (χ3n) is 3.28. The Morgan fingerprint density at radius 3 is 2.04 bits per heavy atom. The van der Waals surface area contributed by atoms with Gasteiger partial charge in [-0.1, -0.05) is 24.3 Å². The second-order valence-electron chi connectivity index (χ2n) is 5.06. The van der Waals surface area contributed by atoms with Crippen molar-refractivity contribution in [3.63, 3.8) is 0 Å². The summed E-state index contributed by atoms with van der Waals surface area (Å²) in [4.78, 5) is 11.0. The van der Waals surface area contributed by atoms with E-state index in [9.17, 15) is 9.18 Å². The number of rotatable bonds is 8. The second-order valence-corrected chi connectivity index (χ2v) is 5.77. The van der Waals surface area contributed by atoms with Crippen molar-refractivity contribution < 1.29 is 9.18 Å². The third-order valence-corrected chi connectivity index (χ3v) is 3.82. The highest BCUT2D eigenvalue weighted by atomic mass is 32.2. The molecule has 1 amide bonds. The fraction of sp³-hybridized carbons (Fsp3) is 0.278. The van der Waals surface area contributed by atoms with E-state index in [1.54, 1.807) is 12.1 Å². The predicted molar refractivity (Wildman–Crippen MR) is 98.3 cm³/mol. The van der Waals surface area contributed by atoms with Crippen LogP contribution in [-0.4, -0.2) is 26.5 Å². The molecule has 0 saturated carbocycles. The van der Waals surface area contributed by atoms with Crippen molar-refractivity contribution in [1.29, 1.82) is 0 Å². The van der Waals surface area contributed by atoms with E-state index in [-0.39, 0.29) is 5.82 Å². The number of carbonyl (C=O) groups is 1. The van der Waals surface area contributed by atoms with Gasteiger partial charge < -0.3 is 10.6 Å². The van der Waals surface area contributed by atoms with E-state index < -0.39 is 0 Å². The van der Waals surface area contributed by atoms with Crippen LogP contribution in [0, 0.1) is 5.82 Å². The van der Waals surface area contributed by atoms with Crippen LogP contribution in [0.4, 0.5) is 4.39 Å². The fourth-order valence-corrected chi connectivity index (χ4v) is 2.22. The standard InChI is InChI=1S/C9H10FNO.C9H14N2S/c10-9-3-1-8(2-4-9)5-6-11-7-12;1-11-7-6-8-2-4-9(12-10)5-3-8/h1-4,7H,5-6H2,(H,11,12);2-5,11H,6-7,10H2,1H3. The quantitative estimate of drug-likeness (QED) is 0.389. The van der Waals surface area contributed by atoms with Crippen molar-refractivity contribution in [2.45, 2.75) is 17.7 Å². The number of hydrogen-bond acceptors (Lipinski definition) is 4. The molecule has 2 aromatic rings. The Bertz CT molecular complexity index is 576. The molecule has 0 heterocycles. The first-order valence-corrected chi connectivity index (χ1v) is 8.59. The molecule has 0 aromatic heterocycles. The van der Waals surface area contributed by atoms with Crippen LogP contribution in [0.2, 0.25) is 0 Å². The smallest absolute Gasteiger partial charge is 0.207 e. The first-order chi connectivity index (χ1) is 11.7.